The number of aryl methyl sites for hydroxylation is 1. The fourth-order valence-electron chi connectivity index (χ4n) is 3.97. The van der Waals surface area contributed by atoms with Crippen molar-refractivity contribution in [3.8, 4) is 0 Å². The van der Waals surface area contributed by atoms with Crippen LogP contribution < -0.4 is 5.32 Å². The number of nitrogens with zero attached hydrogens (tertiary/aromatic N) is 2. The molecule has 2 aliphatic rings. The number of anilines is 1. The second-order valence-corrected chi connectivity index (χ2v) is 7.65. The molecular weight excluding hydrogens is 378 g/mol. The number of nitro groups is 1. The molecule has 2 fully saturated rings. The predicted octanol–water partition coefficient (Wildman–Crippen LogP) is 2.57. The molecule has 1 saturated carbocycles. The molecule has 0 radical (unpaired) electrons. The molecule has 1 heterocycles. The SMILES string of the molecule is Cc1ccc(NC(=O)COC(=O)[C@H]2CC(=O)N(C3CCCCC3)C2)cc1[N+](=O)[O-]. The number of rotatable bonds is 6. The Morgan fingerprint density at radius 1 is 1.28 bits per heavy atom. The highest BCUT2D eigenvalue weighted by Gasteiger charge is 2.39. The van der Waals surface area contributed by atoms with Crippen molar-refractivity contribution in [3.63, 3.8) is 0 Å². The molecule has 2 amide bonds. The summed E-state index contributed by atoms with van der Waals surface area (Å²) in [5.41, 5.74) is 0.628. The maximum absolute atomic E-state index is 12.3. The van der Waals surface area contributed by atoms with Crippen molar-refractivity contribution in [3.05, 3.63) is 33.9 Å². The second kappa shape index (κ2) is 9.02. The number of nitrogens with one attached hydrogen (secondary N) is 1. The highest BCUT2D eigenvalue weighted by molar-refractivity contribution is 5.94. The highest BCUT2D eigenvalue weighted by atomic mass is 16.6. The minimum absolute atomic E-state index is 0.0322. The van der Waals surface area contributed by atoms with Crippen molar-refractivity contribution < 1.29 is 24.0 Å². The third-order valence-corrected chi connectivity index (χ3v) is 5.54. The van der Waals surface area contributed by atoms with E-state index < -0.39 is 29.3 Å². The van der Waals surface area contributed by atoms with Gasteiger partial charge in [0.1, 0.15) is 0 Å². The predicted molar refractivity (Wildman–Crippen MR) is 104 cm³/mol. The zero-order valence-corrected chi connectivity index (χ0v) is 16.4. The van der Waals surface area contributed by atoms with Gasteiger partial charge < -0.3 is 15.0 Å². The lowest BCUT2D eigenvalue weighted by atomic mass is 9.94. The highest BCUT2D eigenvalue weighted by Crippen LogP contribution is 2.29. The normalized spacial score (nSPS) is 19.8. The largest absolute Gasteiger partial charge is 0.455 e. The van der Waals surface area contributed by atoms with Crippen molar-refractivity contribution in [2.45, 2.75) is 51.5 Å². The van der Waals surface area contributed by atoms with Crippen molar-refractivity contribution in [1.29, 1.82) is 0 Å². The Hall–Kier alpha value is -2.97. The van der Waals surface area contributed by atoms with Crippen molar-refractivity contribution in [2.24, 2.45) is 5.92 Å². The average Bonchev–Trinajstić information content (AvgIpc) is 3.10. The molecule has 0 bridgehead atoms. The van der Waals surface area contributed by atoms with Crippen LogP contribution in [-0.2, 0) is 19.1 Å². The van der Waals surface area contributed by atoms with Gasteiger partial charge in [-0.25, -0.2) is 0 Å². The first-order valence-electron chi connectivity index (χ1n) is 9.86. The zero-order chi connectivity index (χ0) is 21.0. The van der Waals surface area contributed by atoms with Crippen LogP contribution in [0, 0.1) is 23.0 Å². The Kier molecular flexibility index (Phi) is 6.46. The van der Waals surface area contributed by atoms with Gasteiger partial charge in [0, 0.05) is 36.3 Å². The maximum Gasteiger partial charge on any atom is 0.311 e. The fourth-order valence-corrected chi connectivity index (χ4v) is 3.97. The van der Waals surface area contributed by atoms with E-state index >= 15 is 0 Å². The monoisotopic (exact) mass is 403 g/mol. The van der Waals surface area contributed by atoms with E-state index in [4.69, 9.17) is 4.74 Å². The molecule has 1 saturated heterocycles. The van der Waals surface area contributed by atoms with Gasteiger partial charge >= 0.3 is 5.97 Å². The maximum atomic E-state index is 12.3. The molecule has 1 aliphatic heterocycles. The number of esters is 1. The lowest BCUT2D eigenvalue weighted by Crippen LogP contribution is -2.38. The van der Waals surface area contributed by atoms with Gasteiger partial charge in [0.05, 0.1) is 10.8 Å². The number of benzene rings is 1. The molecule has 0 aromatic heterocycles. The van der Waals surface area contributed by atoms with Crippen molar-refractivity contribution in [2.75, 3.05) is 18.5 Å². The first-order chi connectivity index (χ1) is 13.8. The van der Waals surface area contributed by atoms with E-state index in [1.165, 1.54) is 18.6 Å². The Morgan fingerprint density at radius 2 is 2.00 bits per heavy atom. The summed E-state index contributed by atoms with van der Waals surface area (Å²) in [6, 6.07) is 4.53. The van der Waals surface area contributed by atoms with E-state index in [9.17, 15) is 24.5 Å². The average molecular weight is 403 g/mol. The smallest absolute Gasteiger partial charge is 0.311 e. The molecule has 29 heavy (non-hydrogen) atoms. The number of hydrogen-bond acceptors (Lipinski definition) is 6. The third kappa shape index (κ3) is 5.10. The van der Waals surface area contributed by atoms with Gasteiger partial charge in [0.15, 0.2) is 6.61 Å². The van der Waals surface area contributed by atoms with Gasteiger partial charge in [-0.2, -0.15) is 0 Å². The number of carbonyl (C=O) groups is 3. The summed E-state index contributed by atoms with van der Waals surface area (Å²) in [6.45, 7) is 1.44. The number of ether oxygens (including phenoxy) is 1. The van der Waals surface area contributed by atoms with Gasteiger partial charge in [-0.15, -0.1) is 0 Å². The van der Waals surface area contributed by atoms with E-state index in [-0.39, 0.29) is 29.7 Å². The van der Waals surface area contributed by atoms with E-state index in [1.807, 2.05) is 0 Å². The van der Waals surface area contributed by atoms with Crippen LogP contribution in [0.25, 0.3) is 0 Å². The lowest BCUT2D eigenvalue weighted by Gasteiger charge is -2.31. The number of amides is 2. The summed E-state index contributed by atoms with van der Waals surface area (Å²) in [4.78, 5) is 48.8. The van der Waals surface area contributed by atoms with Gasteiger partial charge in [-0.05, 0) is 25.8 Å². The van der Waals surface area contributed by atoms with E-state index in [2.05, 4.69) is 5.32 Å². The lowest BCUT2D eigenvalue weighted by molar-refractivity contribution is -0.385. The summed E-state index contributed by atoms with van der Waals surface area (Å²) >= 11 is 0. The van der Waals surface area contributed by atoms with Gasteiger partial charge in [0.2, 0.25) is 5.91 Å². The summed E-state index contributed by atoms with van der Waals surface area (Å²) in [6.07, 6.45) is 5.43. The Morgan fingerprint density at radius 3 is 2.69 bits per heavy atom. The number of carbonyl (C=O) groups excluding carboxylic acids is 3. The second-order valence-electron chi connectivity index (χ2n) is 7.65. The molecule has 1 aliphatic carbocycles. The van der Waals surface area contributed by atoms with Crippen LogP contribution in [0.15, 0.2) is 18.2 Å². The van der Waals surface area contributed by atoms with Crippen LogP contribution in [0.2, 0.25) is 0 Å². The number of hydrogen-bond donors (Lipinski definition) is 1. The molecule has 1 atom stereocenters. The molecule has 1 aromatic rings. The van der Waals surface area contributed by atoms with E-state index in [0.717, 1.165) is 25.7 Å². The van der Waals surface area contributed by atoms with Crippen LogP contribution in [0.3, 0.4) is 0 Å². The Labute approximate surface area is 168 Å². The van der Waals surface area contributed by atoms with Crippen LogP contribution in [0.5, 0.6) is 0 Å². The third-order valence-electron chi connectivity index (χ3n) is 5.54. The summed E-state index contributed by atoms with van der Waals surface area (Å²) in [5.74, 6) is -1.75. The summed E-state index contributed by atoms with van der Waals surface area (Å²) in [7, 11) is 0. The molecule has 9 heteroatoms. The van der Waals surface area contributed by atoms with Gasteiger partial charge in [0.25, 0.3) is 11.6 Å². The number of nitro benzene ring substituents is 1. The quantitative estimate of drug-likeness (QED) is 0.443. The molecular formula is C20H25N3O6. The summed E-state index contributed by atoms with van der Waals surface area (Å²) < 4.78 is 5.08. The first-order valence-corrected chi connectivity index (χ1v) is 9.86. The molecule has 9 nitrogen and oxygen atoms in total. The first kappa shape index (κ1) is 20.8. The molecule has 156 valence electrons. The Balaban J connectivity index is 1.49. The topological polar surface area (TPSA) is 119 Å². The number of likely N-dealkylation sites (tertiary alicyclic amines) is 1. The Bertz CT molecular complexity index is 818. The molecule has 3 rings (SSSR count). The van der Waals surface area contributed by atoms with Crippen molar-refractivity contribution >= 4 is 29.2 Å². The minimum atomic E-state index is -0.593. The van der Waals surface area contributed by atoms with E-state index in [0.29, 0.717) is 12.1 Å². The standard InChI is InChI=1S/C20H25N3O6/c1-13-7-8-15(10-17(13)23(27)28)21-18(24)12-29-20(26)14-9-19(25)22(11-14)16-5-3-2-4-6-16/h7-8,10,14,16H,2-6,9,11-12H2,1H3,(H,21,24)/t14-/m0/s1. The molecule has 0 unspecified atom stereocenters. The van der Waals surface area contributed by atoms with Gasteiger partial charge in [-0.3, -0.25) is 24.5 Å². The summed E-state index contributed by atoms with van der Waals surface area (Å²) in [5, 5.41) is 13.5. The zero-order valence-electron chi connectivity index (χ0n) is 16.4. The van der Waals surface area contributed by atoms with Crippen LogP contribution in [-0.4, -0.2) is 46.8 Å². The molecule has 1 N–H and O–H groups in total. The van der Waals surface area contributed by atoms with E-state index in [1.54, 1.807) is 17.9 Å². The van der Waals surface area contributed by atoms with Gasteiger partial charge in [-0.1, -0.05) is 25.3 Å². The van der Waals surface area contributed by atoms with Crippen LogP contribution in [0.4, 0.5) is 11.4 Å². The van der Waals surface area contributed by atoms with Crippen LogP contribution >= 0.6 is 0 Å². The molecule has 1 aromatic carbocycles. The van der Waals surface area contributed by atoms with Crippen molar-refractivity contribution in [1.82, 2.24) is 4.90 Å². The fraction of sp³-hybridized carbons (Fsp3) is 0.550. The minimum Gasteiger partial charge on any atom is -0.455 e. The molecule has 0 spiro atoms. The van der Waals surface area contributed by atoms with Crippen LogP contribution in [0.1, 0.15) is 44.1 Å².